The first kappa shape index (κ1) is 24.8. The molecule has 3 rings (SSSR count). The summed E-state index contributed by atoms with van der Waals surface area (Å²) in [5, 5.41) is 15.1. The van der Waals surface area contributed by atoms with Gasteiger partial charge >= 0.3 is 0 Å². The molecule has 3 aromatic carbocycles. The van der Waals surface area contributed by atoms with Gasteiger partial charge < -0.3 is 15.4 Å². The first-order valence-corrected chi connectivity index (χ1v) is 11.0. The second-order valence-electron chi connectivity index (χ2n) is 7.46. The van der Waals surface area contributed by atoms with Crippen LogP contribution in [0.1, 0.15) is 16.7 Å². The molecule has 0 aliphatic heterocycles. The molecular weight excluding hydrogens is 473 g/mol. The lowest BCUT2D eigenvalue weighted by atomic mass is 10.1. The Bertz CT molecular complexity index is 1280. The van der Waals surface area contributed by atoms with Gasteiger partial charge in [-0.15, -0.1) is 0 Å². The van der Waals surface area contributed by atoms with Crippen LogP contribution in [0.2, 0.25) is 10.0 Å². The molecule has 0 aromatic heterocycles. The molecule has 2 N–H and O–H groups in total. The number of anilines is 2. The molecule has 172 valence electrons. The highest BCUT2D eigenvalue weighted by atomic mass is 35.5. The summed E-state index contributed by atoms with van der Waals surface area (Å²) in [5.74, 6) is -0.805. The van der Waals surface area contributed by atoms with Crippen molar-refractivity contribution in [1.29, 1.82) is 5.26 Å². The number of carbonyl (C=O) groups excluding carboxylic acids is 2. The van der Waals surface area contributed by atoms with E-state index in [0.717, 1.165) is 11.1 Å². The van der Waals surface area contributed by atoms with Gasteiger partial charge in [0.2, 0.25) is 0 Å². The molecule has 3 aromatic rings. The molecule has 0 bridgehead atoms. The second kappa shape index (κ2) is 11.4. The molecular formula is C26H21Cl2N3O3. The maximum absolute atomic E-state index is 12.4. The third-order valence-electron chi connectivity index (χ3n) is 4.73. The maximum atomic E-state index is 12.4. The predicted molar refractivity (Wildman–Crippen MR) is 135 cm³/mol. The molecule has 0 spiro atoms. The number of ether oxygens (including phenoxy) is 1. The Kier molecular flexibility index (Phi) is 8.31. The lowest BCUT2D eigenvalue weighted by Crippen LogP contribution is -2.20. The third-order valence-corrected chi connectivity index (χ3v) is 5.29. The molecule has 0 aliphatic rings. The molecule has 2 amide bonds. The summed E-state index contributed by atoms with van der Waals surface area (Å²) in [6, 6.07) is 19.3. The number of nitriles is 1. The standard InChI is InChI=1S/C26H21Cl2N3O3/c1-16-8-9-23(17(2)10-16)31-24(32)15-34-25-21(27)12-18(13-22(25)28)11-19(14-29)26(33)30-20-6-4-3-5-7-20/h3-13H,15H2,1-2H3,(H,30,33)(H,31,32)/b19-11+. The Hall–Kier alpha value is -3.79. The Morgan fingerprint density at radius 2 is 1.68 bits per heavy atom. The van der Waals surface area contributed by atoms with Crippen molar-refractivity contribution in [2.24, 2.45) is 0 Å². The van der Waals surface area contributed by atoms with Crippen molar-refractivity contribution in [3.8, 4) is 11.8 Å². The maximum Gasteiger partial charge on any atom is 0.266 e. The number of hydrogen-bond acceptors (Lipinski definition) is 4. The fourth-order valence-electron chi connectivity index (χ4n) is 3.11. The van der Waals surface area contributed by atoms with Gasteiger partial charge in [0, 0.05) is 11.4 Å². The van der Waals surface area contributed by atoms with Crippen molar-refractivity contribution in [3.63, 3.8) is 0 Å². The highest BCUT2D eigenvalue weighted by Gasteiger charge is 2.14. The summed E-state index contributed by atoms with van der Waals surface area (Å²) >= 11 is 12.6. The smallest absolute Gasteiger partial charge is 0.266 e. The number of hydrogen-bond donors (Lipinski definition) is 2. The molecule has 0 atom stereocenters. The molecule has 8 heteroatoms. The van der Waals surface area contributed by atoms with Crippen molar-refractivity contribution < 1.29 is 14.3 Å². The van der Waals surface area contributed by atoms with E-state index in [-0.39, 0.29) is 33.9 Å². The van der Waals surface area contributed by atoms with E-state index in [1.807, 2.05) is 44.2 Å². The number of halogens is 2. The summed E-state index contributed by atoms with van der Waals surface area (Å²) in [7, 11) is 0. The predicted octanol–water partition coefficient (Wildman–Crippen LogP) is 6.17. The van der Waals surface area contributed by atoms with Crippen LogP contribution in [-0.4, -0.2) is 18.4 Å². The van der Waals surface area contributed by atoms with Gasteiger partial charge in [0.25, 0.3) is 11.8 Å². The van der Waals surface area contributed by atoms with Crippen LogP contribution in [0.25, 0.3) is 6.08 Å². The van der Waals surface area contributed by atoms with Gasteiger partial charge in [-0.1, -0.05) is 59.1 Å². The molecule has 6 nitrogen and oxygen atoms in total. The number of rotatable bonds is 7. The molecule has 0 fully saturated rings. The van der Waals surface area contributed by atoms with Crippen LogP contribution in [0.5, 0.6) is 5.75 Å². The van der Waals surface area contributed by atoms with E-state index in [4.69, 9.17) is 27.9 Å². The van der Waals surface area contributed by atoms with Gasteiger partial charge in [-0.2, -0.15) is 5.26 Å². The van der Waals surface area contributed by atoms with Crippen molar-refractivity contribution in [1.82, 2.24) is 0 Å². The highest BCUT2D eigenvalue weighted by Crippen LogP contribution is 2.35. The summed E-state index contributed by atoms with van der Waals surface area (Å²) < 4.78 is 5.54. The zero-order chi connectivity index (χ0) is 24.7. The Labute approximate surface area is 207 Å². The Morgan fingerprint density at radius 3 is 2.29 bits per heavy atom. The minimum atomic E-state index is -0.565. The van der Waals surface area contributed by atoms with Gasteiger partial charge in [-0.3, -0.25) is 9.59 Å². The molecule has 0 unspecified atom stereocenters. The van der Waals surface area contributed by atoms with E-state index < -0.39 is 5.91 Å². The molecule has 34 heavy (non-hydrogen) atoms. The number of para-hydroxylation sites is 1. The van der Waals surface area contributed by atoms with Crippen LogP contribution in [0.15, 0.2) is 66.2 Å². The zero-order valence-electron chi connectivity index (χ0n) is 18.5. The SMILES string of the molecule is Cc1ccc(NC(=O)COc2c(Cl)cc(/C=C(\C#N)C(=O)Nc3ccccc3)cc2Cl)c(C)c1. The largest absolute Gasteiger partial charge is 0.481 e. The van der Waals surface area contributed by atoms with Crippen LogP contribution in [0.3, 0.4) is 0 Å². The van der Waals surface area contributed by atoms with Crippen molar-refractivity contribution in [2.45, 2.75) is 13.8 Å². The van der Waals surface area contributed by atoms with Crippen LogP contribution < -0.4 is 15.4 Å². The second-order valence-corrected chi connectivity index (χ2v) is 8.27. The van der Waals surface area contributed by atoms with E-state index in [1.54, 1.807) is 24.3 Å². The molecule has 0 aliphatic carbocycles. The number of carbonyl (C=O) groups is 2. The van der Waals surface area contributed by atoms with Gasteiger partial charge in [0.15, 0.2) is 12.4 Å². The van der Waals surface area contributed by atoms with Crippen LogP contribution in [-0.2, 0) is 9.59 Å². The van der Waals surface area contributed by atoms with Crippen LogP contribution in [0, 0.1) is 25.2 Å². The summed E-state index contributed by atoms with van der Waals surface area (Å²) in [4.78, 5) is 24.7. The number of benzene rings is 3. The molecule has 0 radical (unpaired) electrons. The number of nitrogens with one attached hydrogen (secondary N) is 2. The Morgan fingerprint density at radius 1 is 1.00 bits per heavy atom. The lowest BCUT2D eigenvalue weighted by molar-refractivity contribution is -0.118. The van der Waals surface area contributed by atoms with E-state index in [9.17, 15) is 14.9 Å². The first-order valence-electron chi connectivity index (χ1n) is 10.2. The highest BCUT2D eigenvalue weighted by molar-refractivity contribution is 6.37. The van der Waals surface area contributed by atoms with E-state index in [1.165, 1.54) is 18.2 Å². The topological polar surface area (TPSA) is 91.2 Å². The summed E-state index contributed by atoms with van der Waals surface area (Å²) in [5.41, 5.74) is 3.59. The molecule has 0 saturated heterocycles. The molecule has 0 heterocycles. The fraction of sp³-hybridized carbons (Fsp3) is 0.115. The van der Waals surface area contributed by atoms with Crippen molar-refractivity contribution in [3.05, 3.63) is 93.0 Å². The average molecular weight is 494 g/mol. The zero-order valence-corrected chi connectivity index (χ0v) is 20.0. The van der Waals surface area contributed by atoms with Crippen LogP contribution in [0.4, 0.5) is 11.4 Å². The van der Waals surface area contributed by atoms with Crippen LogP contribution >= 0.6 is 23.2 Å². The Balaban J connectivity index is 1.69. The van der Waals surface area contributed by atoms with Gasteiger partial charge in [0.1, 0.15) is 11.6 Å². The minimum Gasteiger partial charge on any atom is -0.481 e. The minimum absolute atomic E-state index is 0.127. The van der Waals surface area contributed by atoms with E-state index in [2.05, 4.69) is 10.6 Å². The fourth-order valence-corrected chi connectivity index (χ4v) is 3.73. The number of nitrogens with zero attached hydrogens (tertiary/aromatic N) is 1. The van der Waals surface area contributed by atoms with E-state index in [0.29, 0.717) is 16.9 Å². The molecule has 0 saturated carbocycles. The number of aryl methyl sites for hydroxylation is 2. The summed E-state index contributed by atoms with van der Waals surface area (Å²) in [6.45, 7) is 3.57. The lowest BCUT2D eigenvalue weighted by Gasteiger charge is -2.12. The summed E-state index contributed by atoms with van der Waals surface area (Å²) in [6.07, 6.45) is 1.37. The van der Waals surface area contributed by atoms with E-state index >= 15 is 0 Å². The van der Waals surface area contributed by atoms with Gasteiger partial charge in [-0.25, -0.2) is 0 Å². The van der Waals surface area contributed by atoms with Crippen molar-refractivity contribution >= 4 is 52.5 Å². The van der Waals surface area contributed by atoms with Gasteiger partial charge in [0.05, 0.1) is 10.0 Å². The van der Waals surface area contributed by atoms with Gasteiger partial charge in [-0.05, 0) is 61.4 Å². The number of amides is 2. The quantitative estimate of drug-likeness (QED) is 0.304. The monoisotopic (exact) mass is 493 g/mol. The first-order chi connectivity index (χ1) is 16.3. The van der Waals surface area contributed by atoms with Crippen molar-refractivity contribution in [2.75, 3.05) is 17.2 Å². The third kappa shape index (κ3) is 6.61. The normalized spacial score (nSPS) is 10.9. The average Bonchev–Trinajstić information content (AvgIpc) is 2.79.